The van der Waals surface area contributed by atoms with E-state index in [1.807, 2.05) is 0 Å². The number of likely N-dealkylation sites (tertiary alicyclic amines) is 1. The first-order chi connectivity index (χ1) is 11.3. The van der Waals surface area contributed by atoms with Crippen LogP contribution >= 0.6 is 0 Å². The Balaban J connectivity index is 1.36. The number of H-pyrrole nitrogens is 1. The fourth-order valence-electron chi connectivity index (χ4n) is 3.97. The Morgan fingerprint density at radius 3 is 2.74 bits per heavy atom. The molecule has 1 fully saturated rings. The second kappa shape index (κ2) is 6.23. The van der Waals surface area contributed by atoms with Gasteiger partial charge in [-0.15, -0.1) is 0 Å². The summed E-state index contributed by atoms with van der Waals surface area (Å²) in [5, 5.41) is 1.29. The monoisotopic (exact) mass is 308 g/mol. The first kappa shape index (κ1) is 14.6. The van der Waals surface area contributed by atoms with E-state index in [1.54, 1.807) is 0 Å². The molecule has 0 bridgehead atoms. The molecule has 0 unspecified atom stereocenters. The number of fused-ring (bicyclic) bond motifs is 1. The van der Waals surface area contributed by atoms with Crippen molar-refractivity contribution < 1.29 is 4.79 Å². The van der Waals surface area contributed by atoms with Gasteiger partial charge >= 0.3 is 0 Å². The van der Waals surface area contributed by atoms with Crippen LogP contribution in [0.2, 0.25) is 0 Å². The first-order valence-corrected chi connectivity index (χ1v) is 8.82. The third-order valence-electron chi connectivity index (χ3n) is 5.39. The molecule has 1 aliphatic carbocycles. The molecule has 2 aliphatic rings. The van der Waals surface area contributed by atoms with Crippen molar-refractivity contribution in [3.63, 3.8) is 0 Å². The molecule has 1 aromatic heterocycles. The highest BCUT2D eigenvalue weighted by Gasteiger charge is 2.26. The van der Waals surface area contributed by atoms with E-state index in [2.05, 4.69) is 52.4 Å². The van der Waals surface area contributed by atoms with Gasteiger partial charge in [0.05, 0.1) is 0 Å². The predicted molar refractivity (Wildman–Crippen MR) is 93.3 cm³/mol. The third kappa shape index (κ3) is 3.05. The Labute approximate surface area is 137 Å². The molecule has 3 nitrogen and oxygen atoms in total. The van der Waals surface area contributed by atoms with E-state index in [1.165, 1.54) is 16.6 Å². The number of allylic oxidation sites excluding steroid dienone is 2. The van der Waals surface area contributed by atoms with Crippen LogP contribution in [-0.2, 0) is 4.79 Å². The van der Waals surface area contributed by atoms with Gasteiger partial charge in [0.1, 0.15) is 0 Å². The molecule has 0 saturated carbocycles. The number of hydrogen-bond acceptors (Lipinski definition) is 1. The molecule has 1 aromatic carbocycles. The summed E-state index contributed by atoms with van der Waals surface area (Å²) in [6.07, 6.45) is 9.55. The maximum absolute atomic E-state index is 12.4. The number of aromatic nitrogens is 1. The number of aromatic amines is 1. The van der Waals surface area contributed by atoms with E-state index in [4.69, 9.17) is 0 Å². The van der Waals surface area contributed by atoms with Gasteiger partial charge in [0.2, 0.25) is 5.91 Å². The van der Waals surface area contributed by atoms with Gasteiger partial charge in [-0.25, -0.2) is 0 Å². The summed E-state index contributed by atoms with van der Waals surface area (Å²) in [5.74, 6) is 1.38. The second-order valence-corrected chi connectivity index (χ2v) is 6.94. The SMILES string of the molecule is O=C(C[C@@H]1C=CCC1)N1CCC(c2cc3ccccc3[nH]2)CC1. The number of benzene rings is 1. The Morgan fingerprint density at radius 2 is 2.00 bits per heavy atom. The number of piperidine rings is 1. The summed E-state index contributed by atoms with van der Waals surface area (Å²) in [4.78, 5) is 18.1. The van der Waals surface area contributed by atoms with Crippen LogP contribution in [0, 0.1) is 5.92 Å². The number of carbonyl (C=O) groups is 1. The van der Waals surface area contributed by atoms with Crippen molar-refractivity contribution in [3.05, 3.63) is 48.2 Å². The molecule has 2 aromatic rings. The average molecular weight is 308 g/mol. The molecule has 1 N–H and O–H groups in total. The average Bonchev–Trinajstić information content (AvgIpc) is 3.24. The highest BCUT2D eigenvalue weighted by atomic mass is 16.2. The predicted octanol–water partition coefficient (Wildman–Crippen LogP) is 4.23. The van der Waals surface area contributed by atoms with E-state index in [9.17, 15) is 4.79 Å². The molecule has 1 aliphatic heterocycles. The van der Waals surface area contributed by atoms with Crippen molar-refractivity contribution in [1.82, 2.24) is 9.88 Å². The number of rotatable bonds is 3. The second-order valence-electron chi connectivity index (χ2n) is 6.94. The van der Waals surface area contributed by atoms with Crippen molar-refractivity contribution in [2.75, 3.05) is 13.1 Å². The quantitative estimate of drug-likeness (QED) is 0.846. The molecule has 4 rings (SSSR count). The van der Waals surface area contributed by atoms with Gasteiger partial charge in [-0.1, -0.05) is 30.4 Å². The van der Waals surface area contributed by atoms with Gasteiger partial charge in [0.25, 0.3) is 0 Å². The fraction of sp³-hybridized carbons (Fsp3) is 0.450. The molecule has 0 radical (unpaired) electrons. The molecule has 23 heavy (non-hydrogen) atoms. The van der Waals surface area contributed by atoms with Crippen LogP contribution in [0.5, 0.6) is 0 Å². The van der Waals surface area contributed by atoms with Crippen LogP contribution < -0.4 is 0 Å². The first-order valence-electron chi connectivity index (χ1n) is 8.82. The van der Waals surface area contributed by atoms with E-state index < -0.39 is 0 Å². The molecule has 1 atom stereocenters. The van der Waals surface area contributed by atoms with Crippen molar-refractivity contribution in [2.45, 2.75) is 38.0 Å². The Hall–Kier alpha value is -2.03. The lowest BCUT2D eigenvalue weighted by Gasteiger charge is -2.32. The summed E-state index contributed by atoms with van der Waals surface area (Å²) in [5.41, 5.74) is 2.55. The van der Waals surface area contributed by atoms with Gasteiger partial charge in [0, 0.05) is 36.6 Å². The van der Waals surface area contributed by atoms with Gasteiger partial charge in [0.15, 0.2) is 0 Å². The smallest absolute Gasteiger partial charge is 0.223 e. The van der Waals surface area contributed by atoms with E-state index in [-0.39, 0.29) is 0 Å². The molecule has 120 valence electrons. The van der Waals surface area contributed by atoms with Crippen molar-refractivity contribution >= 4 is 16.8 Å². The minimum Gasteiger partial charge on any atom is -0.358 e. The molecule has 0 spiro atoms. The Kier molecular flexibility index (Phi) is 3.94. The normalized spacial score (nSPS) is 22.1. The minimum absolute atomic E-state index is 0.344. The summed E-state index contributed by atoms with van der Waals surface area (Å²) in [6.45, 7) is 1.80. The standard InChI is InChI=1S/C20H24N2O/c23-20(13-15-5-1-2-6-15)22-11-9-16(10-12-22)19-14-17-7-3-4-8-18(17)21-19/h1,3-5,7-8,14-16,21H,2,6,9-13H2/t15-/m1/s1. The molecular weight excluding hydrogens is 284 g/mol. The van der Waals surface area contributed by atoms with Crippen LogP contribution in [-0.4, -0.2) is 28.9 Å². The topological polar surface area (TPSA) is 36.1 Å². The zero-order valence-electron chi connectivity index (χ0n) is 13.5. The fourth-order valence-corrected chi connectivity index (χ4v) is 3.97. The van der Waals surface area contributed by atoms with E-state index >= 15 is 0 Å². The van der Waals surface area contributed by atoms with Crippen molar-refractivity contribution in [3.8, 4) is 0 Å². The Morgan fingerprint density at radius 1 is 1.17 bits per heavy atom. The molecule has 2 heterocycles. The van der Waals surface area contributed by atoms with Crippen molar-refractivity contribution in [2.24, 2.45) is 5.92 Å². The summed E-state index contributed by atoms with van der Waals surface area (Å²) in [7, 11) is 0. The minimum atomic E-state index is 0.344. The summed E-state index contributed by atoms with van der Waals surface area (Å²) in [6, 6.07) is 10.7. The maximum Gasteiger partial charge on any atom is 0.223 e. The van der Waals surface area contributed by atoms with Gasteiger partial charge in [-0.05, 0) is 49.1 Å². The number of hydrogen-bond donors (Lipinski definition) is 1. The number of amides is 1. The molecule has 1 amide bonds. The third-order valence-corrected chi connectivity index (χ3v) is 5.39. The zero-order valence-corrected chi connectivity index (χ0v) is 13.5. The van der Waals surface area contributed by atoms with Crippen LogP contribution in [0.3, 0.4) is 0 Å². The molecule has 1 saturated heterocycles. The number of nitrogens with zero attached hydrogens (tertiary/aromatic N) is 1. The highest BCUT2D eigenvalue weighted by Crippen LogP contribution is 2.30. The lowest BCUT2D eigenvalue weighted by Crippen LogP contribution is -2.38. The summed E-state index contributed by atoms with van der Waals surface area (Å²) < 4.78 is 0. The van der Waals surface area contributed by atoms with Crippen LogP contribution in [0.25, 0.3) is 10.9 Å². The largest absolute Gasteiger partial charge is 0.358 e. The van der Waals surface area contributed by atoms with E-state index in [0.29, 0.717) is 24.2 Å². The van der Waals surface area contributed by atoms with Gasteiger partial charge in [-0.2, -0.15) is 0 Å². The van der Waals surface area contributed by atoms with Crippen LogP contribution in [0.4, 0.5) is 0 Å². The van der Waals surface area contributed by atoms with Crippen molar-refractivity contribution in [1.29, 1.82) is 0 Å². The van der Waals surface area contributed by atoms with Crippen LogP contribution in [0.1, 0.15) is 43.7 Å². The lowest BCUT2D eigenvalue weighted by atomic mass is 9.93. The van der Waals surface area contributed by atoms with Gasteiger partial charge in [-0.3, -0.25) is 4.79 Å². The number of nitrogens with one attached hydrogen (secondary N) is 1. The van der Waals surface area contributed by atoms with E-state index in [0.717, 1.165) is 38.8 Å². The zero-order chi connectivity index (χ0) is 15.6. The lowest BCUT2D eigenvalue weighted by molar-refractivity contribution is -0.132. The highest BCUT2D eigenvalue weighted by molar-refractivity contribution is 5.80. The number of carbonyl (C=O) groups excluding carboxylic acids is 1. The number of para-hydroxylation sites is 1. The Bertz CT molecular complexity index is 689. The summed E-state index contributed by atoms with van der Waals surface area (Å²) >= 11 is 0. The van der Waals surface area contributed by atoms with Crippen LogP contribution in [0.15, 0.2) is 42.5 Å². The van der Waals surface area contributed by atoms with Gasteiger partial charge < -0.3 is 9.88 Å². The maximum atomic E-state index is 12.4. The molecule has 3 heteroatoms. The molecular formula is C20H24N2O.